The highest BCUT2D eigenvalue weighted by Gasteiger charge is 2.55. The van der Waals surface area contributed by atoms with Crippen molar-refractivity contribution in [2.75, 3.05) is 27.9 Å². The SMILES string of the molecule is COC1[C@H](O[C@H]2C(OS(=O)(=O)[O-])C(OS(=O)(=O)[O-])[C@@H](OC)O[C@@H]2COS(=O)(=O)[O-])OC(C(=O)[O-])[C@H](OSOO[O-])[C@@H]1OC. The van der Waals surface area contributed by atoms with Crippen molar-refractivity contribution in [1.82, 2.24) is 0 Å². The van der Waals surface area contributed by atoms with Gasteiger partial charge in [-0.25, -0.2) is 25.3 Å². The predicted octanol–water partition coefficient (Wildman–Crippen LogP) is -6.41. The molecule has 0 N–H and O–H groups in total. The number of hydrogen-bond acceptors (Lipinski definition) is 25. The first-order valence-electron chi connectivity index (χ1n) is 10.8. The van der Waals surface area contributed by atoms with E-state index in [1.54, 1.807) is 0 Å². The number of carbonyl (C=O) groups is 1. The van der Waals surface area contributed by atoms with Crippen LogP contribution < -0.4 is 10.4 Å². The van der Waals surface area contributed by atoms with Crippen LogP contribution in [-0.4, -0.2) is 134 Å². The first-order valence-corrected chi connectivity index (χ1v) is 15.4. The third-order valence-corrected chi connectivity index (χ3v) is 7.18. The summed E-state index contributed by atoms with van der Waals surface area (Å²) in [6.07, 6.45) is -21.0. The van der Waals surface area contributed by atoms with E-state index in [-0.39, 0.29) is 12.3 Å². The number of ether oxygens (including phenoxy) is 6. The molecule has 10 atom stereocenters. The number of carbonyl (C=O) groups excluding carboxylic acids is 1. The van der Waals surface area contributed by atoms with Gasteiger partial charge in [-0.3, -0.25) is 21.8 Å². The number of hydrogen-bond donors (Lipinski definition) is 0. The fraction of sp³-hybridized carbons (Fsp3) is 0.933. The van der Waals surface area contributed by atoms with Crippen molar-refractivity contribution in [3.63, 3.8) is 0 Å². The van der Waals surface area contributed by atoms with Crippen LogP contribution in [0.25, 0.3) is 0 Å². The quantitative estimate of drug-likeness (QED) is 0.0337. The van der Waals surface area contributed by atoms with Crippen LogP contribution >= 0.6 is 12.3 Å². The minimum absolute atomic E-state index is 0.170. The lowest BCUT2D eigenvalue weighted by molar-refractivity contribution is -0.777. The second kappa shape index (κ2) is 16.0. The maximum Gasteiger partial charge on any atom is 0.218 e. The van der Waals surface area contributed by atoms with Crippen LogP contribution in [0, 0.1) is 0 Å². The van der Waals surface area contributed by atoms with Crippen LogP contribution in [0.15, 0.2) is 0 Å². The Morgan fingerprint density at radius 1 is 0.744 bits per heavy atom. The molecule has 4 unspecified atom stereocenters. The normalized spacial score (nSPS) is 34.2. The summed E-state index contributed by atoms with van der Waals surface area (Å²) in [6, 6.07) is 0. The average molecular weight is 714 g/mol. The third kappa shape index (κ3) is 11.4. The Bertz CT molecular complexity index is 1220. The van der Waals surface area contributed by atoms with Gasteiger partial charge in [0, 0.05) is 21.3 Å². The maximum atomic E-state index is 11.9. The van der Waals surface area contributed by atoms with Crippen molar-refractivity contribution in [2.24, 2.45) is 0 Å². The molecule has 0 spiro atoms. The van der Waals surface area contributed by atoms with Gasteiger partial charge in [-0.1, -0.05) is 0 Å². The van der Waals surface area contributed by atoms with Crippen molar-refractivity contribution in [3.05, 3.63) is 0 Å². The number of carboxylic acid groups (broad SMARTS) is 1. The molecule has 254 valence electrons. The lowest BCUT2D eigenvalue weighted by Gasteiger charge is -2.49. The molecule has 2 fully saturated rings. The Hall–Kier alpha value is -0.970. The molecule has 0 aromatic heterocycles. The minimum Gasteiger partial charge on any atom is -0.726 e. The Kier molecular flexibility index (Phi) is 14.3. The molecule has 0 aliphatic carbocycles. The van der Waals surface area contributed by atoms with E-state index in [2.05, 4.69) is 21.9 Å². The zero-order chi connectivity index (χ0) is 32.8. The van der Waals surface area contributed by atoms with Crippen LogP contribution in [0.2, 0.25) is 0 Å². The number of methoxy groups -OCH3 is 3. The molecule has 0 radical (unpaired) electrons. The van der Waals surface area contributed by atoms with Gasteiger partial charge in [-0.15, -0.1) is 4.33 Å². The van der Waals surface area contributed by atoms with Crippen molar-refractivity contribution in [1.29, 1.82) is 0 Å². The molecule has 2 aliphatic rings. The smallest absolute Gasteiger partial charge is 0.218 e. The lowest BCUT2D eigenvalue weighted by Crippen LogP contribution is -2.67. The highest BCUT2D eigenvalue weighted by atomic mass is 32.3. The average Bonchev–Trinajstić information content (AvgIpc) is 2.87. The summed E-state index contributed by atoms with van der Waals surface area (Å²) in [6.45, 7) is -1.37. The van der Waals surface area contributed by atoms with Gasteiger partial charge in [0.05, 0.1) is 12.6 Å². The van der Waals surface area contributed by atoms with E-state index in [4.69, 9.17) is 32.6 Å². The minimum atomic E-state index is -5.88. The Morgan fingerprint density at radius 3 is 1.79 bits per heavy atom. The van der Waals surface area contributed by atoms with Crippen molar-refractivity contribution in [2.45, 2.75) is 61.4 Å². The van der Waals surface area contributed by atoms with E-state index < -0.39 is 105 Å². The van der Waals surface area contributed by atoms with Crippen molar-refractivity contribution < 1.29 is 109 Å². The van der Waals surface area contributed by atoms with Crippen molar-refractivity contribution >= 4 is 49.5 Å². The summed E-state index contributed by atoms with van der Waals surface area (Å²) in [5, 5.41) is 25.0. The van der Waals surface area contributed by atoms with E-state index >= 15 is 0 Å². The summed E-state index contributed by atoms with van der Waals surface area (Å²) < 4.78 is 155. The highest BCUT2D eigenvalue weighted by molar-refractivity contribution is 7.89. The molecule has 24 nitrogen and oxygen atoms in total. The molecule has 2 rings (SSSR count). The maximum absolute atomic E-state index is 11.9. The predicted molar refractivity (Wildman–Crippen MR) is 115 cm³/mol. The van der Waals surface area contributed by atoms with Crippen LogP contribution in [0.5, 0.6) is 0 Å². The molecule has 2 heterocycles. The molecule has 2 saturated heterocycles. The zero-order valence-electron chi connectivity index (χ0n) is 21.4. The molecule has 0 saturated carbocycles. The molecule has 43 heavy (non-hydrogen) atoms. The van der Waals surface area contributed by atoms with Gasteiger partial charge in [0.2, 0.25) is 31.2 Å². The summed E-state index contributed by atoms with van der Waals surface area (Å²) >= 11 is -0.170. The van der Waals surface area contributed by atoms with Gasteiger partial charge >= 0.3 is 0 Å². The van der Waals surface area contributed by atoms with E-state index in [1.165, 1.54) is 0 Å². The molecular formula is C15H21O24S4-5. The molecule has 0 bridgehead atoms. The van der Waals surface area contributed by atoms with Crippen LogP contribution in [0.4, 0.5) is 0 Å². The van der Waals surface area contributed by atoms with E-state index in [1.807, 2.05) is 0 Å². The summed E-state index contributed by atoms with van der Waals surface area (Å²) in [5.74, 6) is -2.02. The first kappa shape index (κ1) is 38.2. The van der Waals surface area contributed by atoms with Gasteiger partial charge in [-0.05, 0) is 0 Å². The third-order valence-electron chi connectivity index (χ3n) is 5.43. The Morgan fingerprint density at radius 2 is 1.33 bits per heavy atom. The van der Waals surface area contributed by atoms with E-state index in [0.717, 1.165) is 21.3 Å². The monoisotopic (exact) mass is 713 g/mol. The summed E-state index contributed by atoms with van der Waals surface area (Å²) in [4.78, 5) is 11.9. The van der Waals surface area contributed by atoms with Gasteiger partial charge < -0.3 is 57.2 Å². The molecule has 0 amide bonds. The number of carboxylic acids is 1. The van der Waals surface area contributed by atoms with E-state index in [9.17, 15) is 54.1 Å². The fourth-order valence-electron chi connectivity index (χ4n) is 3.96. The Labute approximate surface area is 247 Å². The molecule has 0 aromatic carbocycles. The second-order valence-corrected chi connectivity index (χ2v) is 11.5. The largest absolute Gasteiger partial charge is 0.726 e. The lowest BCUT2D eigenvalue weighted by atomic mass is 9.96. The standard InChI is InChI=1S/C15H26O24S4/c1-28-7-8(35-40-39-38-18)10(13(16)17)34-15(11(7)29-2)33-6-5(4-31-41(19,20)21)32-14(30-3)12(37-43(25,26)27)9(6)36-42(22,23)24/h5-12,14-15,18H,4H2,1-3H3,(H,16,17)(H,19,20,21)(H,22,23,24)(H,25,26,27)/p-5/t5-,6-,7+,8-,9?,10?,11?,12?,14+,15-/m1/s1. The van der Waals surface area contributed by atoms with E-state index in [0.29, 0.717) is 0 Å². The van der Waals surface area contributed by atoms with Crippen LogP contribution in [0.3, 0.4) is 0 Å². The second-order valence-electron chi connectivity index (χ2n) is 7.92. The van der Waals surface area contributed by atoms with Gasteiger partial charge in [0.15, 0.2) is 31.0 Å². The fourth-order valence-corrected chi connectivity index (χ4v) is 5.58. The van der Waals surface area contributed by atoms with Crippen LogP contribution in [-0.2, 0) is 90.5 Å². The topological polar surface area (TPSA) is 346 Å². The summed E-state index contributed by atoms with van der Waals surface area (Å²) in [7, 11) is -14.4. The molecule has 0 aromatic rings. The van der Waals surface area contributed by atoms with Gasteiger partial charge in [0.25, 0.3) is 0 Å². The highest BCUT2D eigenvalue weighted by Crippen LogP contribution is 2.36. The van der Waals surface area contributed by atoms with Crippen LogP contribution in [0.1, 0.15) is 0 Å². The molecule has 28 heteroatoms. The Balaban J connectivity index is 2.62. The summed E-state index contributed by atoms with van der Waals surface area (Å²) in [5.41, 5.74) is 0. The van der Waals surface area contributed by atoms with Gasteiger partial charge in [0.1, 0.15) is 42.7 Å². The number of aliphatic carboxylic acids is 1. The van der Waals surface area contributed by atoms with Crippen molar-refractivity contribution in [3.8, 4) is 0 Å². The number of rotatable bonds is 17. The zero-order valence-corrected chi connectivity index (χ0v) is 24.7. The first-order chi connectivity index (χ1) is 19.9. The molecular weight excluding hydrogens is 692 g/mol. The molecule has 2 aliphatic heterocycles. The van der Waals surface area contributed by atoms with Gasteiger partial charge in [-0.2, -0.15) is 0 Å².